The molecule has 2 aromatic rings. The van der Waals surface area contributed by atoms with Crippen molar-refractivity contribution in [2.45, 2.75) is 31.3 Å². The van der Waals surface area contributed by atoms with Crippen LogP contribution < -0.4 is 5.32 Å². The van der Waals surface area contributed by atoms with E-state index in [1.54, 1.807) is 17.8 Å². The minimum atomic E-state index is -0.204. The lowest BCUT2D eigenvalue weighted by Gasteiger charge is -2.06. The summed E-state index contributed by atoms with van der Waals surface area (Å²) < 4.78 is 14.0. The molecular weight excluding hydrogens is 279 g/mol. The topological polar surface area (TPSA) is 24.9 Å². The van der Waals surface area contributed by atoms with Crippen molar-refractivity contribution in [3.05, 3.63) is 35.1 Å². The lowest BCUT2D eigenvalue weighted by molar-refractivity contribution is 0.583. The number of halogens is 1. The van der Waals surface area contributed by atoms with Crippen LogP contribution in [0.3, 0.4) is 0 Å². The van der Waals surface area contributed by atoms with Crippen molar-refractivity contribution < 1.29 is 4.39 Å². The second-order valence-corrected chi connectivity index (χ2v) is 6.20. The van der Waals surface area contributed by atoms with E-state index < -0.39 is 0 Å². The molecule has 1 heterocycles. The van der Waals surface area contributed by atoms with Crippen molar-refractivity contribution in [1.82, 2.24) is 10.3 Å². The first kappa shape index (κ1) is 14.5. The van der Waals surface area contributed by atoms with Gasteiger partial charge >= 0.3 is 0 Å². The molecule has 0 aliphatic rings. The van der Waals surface area contributed by atoms with Gasteiger partial charge in [-0.05, 0) is 18.4 Å². The summed E-state index contributed by atoms with van der Waals surface area (Å²) in [7, 11) is 0. The number of thioether (sulfide) groups is 1. The van der Waals surface area contributed by atoms with Crippen molar-refractivity contribution in [2.75, 3.05) is 6.26 Å². The van der Waals surface area contributed by atoms with Crippen molar-refractivity contribution in [1.29, 1.82) is 0 Å². The molecule has 0 aliphatic carbocycles. The van der Waals surface area contributed by atoms with Gasteiger partial charge in [-0.2, -0.15) is 0 Å². The lowest BCUT2D eigenvalue weighted by Crippen LogP contribution is -2.21. The van der Waals surface area contributed by atoms with E-state index in [9.17, 15) is 4.39 Å². The summed E-state index contributed by atoms with van der Waals surface area (Å²) in [4.78, 5) is 5.45. The smallest absolute Gasteiger partial charge is 0.134 e. The zero-order valence-corrected chi connectivity index (χ0v) is 12.9. The molecule has 2 rings (SSSR count). The van der Waals surface area contributed by atoms with Crippen molar-refractivity contribution in [2.24, 2.45) is 0 Å². The van der Waals surface area contributed by atoms with Crippen LogP contribution in [0.15, 0.2) is 28.5 Å². The van der Waals surface area contributed by atoms with Crippen LogP contribution >= 0.6 is 23.1 Å². The highest BCUT2D eigenvalue weighted by Crippen LogP contribution is 2.34. The predicted octanol–water partition coefficient (Wildman–Crippen LogP) is 4.17. The highest BCUT2D eigenvalue weighted by Gasteiger charge is 2.14. The summed E-state index contributed by atoms with van der Waals surface area (Å²) >= 11 is 3.04. The molecule has 0 atom stereocenters. The maximum absolute atomic E-state index is 14.0. The normalized spacial score (nSPS) is 11.2. The number of rotatable bonds is 5. The van der Waals surface area contributed by atoms with Crippen LogP contribution in [-0.2, 0) is 6.54 Å². The minimum Gasteiger partial charge on any atom is -0.309 e. The van der Waals surface area contributed by atoms with Crippen LogP contribution in [-0.4, -0.2) is 17.3 Å². The Morgan fingerprint density at radius 3 is 2.89 bits per heavy atom. The molecule has 0 fully saturated rings. The first-order chi connectivity index (χ1) is 9.11. The van der Waals surface area contributed by atoms with Gasteiger partial charge in [-0.1, -0.05) is 19.9 Å². The second kappa shape index (κ2) is 6.50. The van der Waals surface area contributed by atoms with E-state index >= 15 is 0 Å². The number of nitrogens with zero attached hydrogens (tertiary/aromatic N) is 1. The van der Waals surface area contributed by atoms with E-state index in [-0.39, 0.29) is 5.82 Å². The maximum Gasteiger partial charge on any atom is 0.134 e. The number of hydrogen-bond donors (Lipinski definition) is 1. The fraction of sp³-hybridized carbons (Fsp3) is 0.357. The zero-order valence-electron chi connectivity index (χ0n) is 11.2. The van der Waals surface area contributed by atoms with Crippen LogP contribution in [0.4, 0.5) is 4.39 Å². The van der Waals surface area contributed by atoms with Crippen LogP contribution in [0.25, 0.3) is 10.6 Å². The van der Waals surface area contributed by atoms with Crippen LogP contribution in [0.5, 0.6) is 0 Å². The molecule has 0 spiro atoms. The highest BCUT2D eigenvalue weighted by atomic mass is 32.2. The van der Waals surface area contributed by atoms with E-state index in [1.165, 1.54) is 17.4 Å². The molecule has 1 N–H and O–H groups in total. The molecule has 0 unspecified atom stereocenters. The number of nitrogens with one attached hydrogen (secondary N) is 1. The van der Waals surface area contributed by atoms with E-state index in [0.717, 1.165) is 22.1 Å². The zero-order chi connectivity index (χ0) is 13.8. The predicted molar refractivity (Wildman–Crippen MR) is 81.3 cm³/mol. The fourth-order valence-electron chi connectivity index (χ4n) is 1.69. The van der Waals surface area contributed by atoms with Gasteiger partial charge in [-0.15, -0.1) is 23.1 Å². The van der Waals surface area contributed by atoms with Gasteiger partial charge < -0.3 is 5.32 Å². The molecule has 0 bridgehead atoms. The van der Waals surface area contributed by atoms with Gasteiger partial charge in [0.1, 0.15) is 10.8 Å². The average molecular weight is 296 g/mol. The second-order valence-electron chi connectivity index (χ2n) is 4.50. The van der Waals surface area contributed by atoms with Gasteiger partial charge in [0.25, 0.3) is 0 Å². The van der Waals surface area contributed by atoms with E-state index in [2.05, 4.69) is 24.1 Å². The number of hydrogen-bond acceptors (Lipinski definition) is 4. The third kappa shape index (κ3) is 3.55. The summed E-state index contributed by atoms with van der Waals surface area (Å²) in [5.41, 5.74) is 1.58. The molecule has 2 nitrogen and oxygen atoms in total. The number of aromatic nitrogens is 1. The minimum absolute atomic E-state index is 0.204. The Kier molecular flexibility index (Phi) is 4.96. The molecule has 5 heteroatoms. The molecule has 0 amide bonds. The molecule has 0 aliphatic heterocycles. The molecule has 1 aromatic carbocycles. The van der Waals surface area contributed by atoms with Gasteiger partial charge in [-0.25, -0.2) is 9.37 Å². The fourth-order valence-corrected chi connectivity index (χ4v) is 3.25. The third-order valence-corrected chi connectivity index (χ3v) is 4.34. The van der Waals surface area contributed by atoms with Crippen molar-refractivity contribution in [3.8, 4) is 10.6 Å². The Bertz CT molecular complexity index is 552. The largest absolute Gasteiger partial charge is 0.309 e. The molecule has 1 aromatic heterocycles. The van der Waals surface area contributed by atoms with Gasteiger partial charge in [0.2, 0.25) is 0 Å². The molecule has 0 saturated carbocycles. The highest BCUT2D eigenvalue weighted by molar-refractivity contribution is 7.98. The summed E-state index contributed by atoms with van der Waals surface area (Å²) in [6.45, 7) is 4.91. The van der Waals surface area contributed by atoms with Crippen molar-refractivity contribution >= 4 is 23.1 Å². The summed E-state index contributed by atoms with van der Waals surface area (Å²) in [6, 6.07) is 5.57. The Balaban J connectivity index is 2.28. The van der Waals surface area contributed by atoms with Gasteiger partial charge in [0, 0.05) is 22.9 Å². The van der Waals surface area contributed by atoms with Crippen LogP contribution in [0.1, 0.15) is 19.5 Å². The van der Waals surface area contributed by atoms with Gasteiger partial charge in [0.05, 0.1) is 11.3 Å². The Morgan fingerprint density at radius 1 is 1.42 bits per heavy atom. The van der Waals surface area contributed by atoms with Crippen molar-refractivity contribution in [3.63, 3.8) is 0 Å². The van der Waals surface area contributed by atoms with Crippen LogP contribution in [0, 0.1) is 5.82 Å². The first-order valence-corrected chi connectivity index (χ1v) is 8.23. The monoisotopic (exact) mass is 296 g/mol. The standard InChI is InChI=1S/C14H17FN2S2/c1-9(2)16-7-10-8-19-14(17-10)13-11(15)5-4-6-12(13)18-3/h4-6,8-9,16H,7H2,1-3H3. The molecule has 0 saturated heterocycles. The quantitative estimate of drug-likeness (QED) is 0.838. The molecular formula is C14H17FN2S2. The Hall–Kier alpha value is -0.910. The summed E-state index contributed by atoms with van der Waals surface area (Å²) in [5.74, 6) is -0.204. The molecule has 102 valence electrons. The maximum atomic E-state index is 14.0. The summed E-state index contributed by atoms with van der Waals surface area (Å²) in [6.07, 6.45) is 1.95. The number of benzene rings is 1. The van der Waals surface area contributed by atoms with Gasteiger partial charge in [0.15, 0.2) is 0 Å². The lowest BCUT2D eigenvalue weighted by atomic mass is 10.2. The van der Waals surface area contributed by atoms with E-state index in [1.807, 2.05) is 17.7 Å². The number of thiazole rings is 1. The summed E-state index contributed by atoms with van der Waals surface area (Å²) in [5, 5.41) is 6.06. The Morgan fingerprint density at radius 2 is 2.21 bits per heavy atom. The molecule has 19 heavy (non-hydrogen) atoms. The SMILES string of the molecule is CSc1cccc(F)c1-c1nc(CNC(C)C)cs1. The average Bonchev–Trinajstić information content (AvgIpc) is 2.84. The van der Waals surface area contributed by atoms with E-state index in [4.69, 9.17) is 0 Å². The third-order valence-electron chi connectivity index (χ3n) is 2.65. The first-order valence-electron chi connectivity index (χ1n) is 6.12. The Labute approximate surface area is 121 Å². The van der Waals surface area contributed by atoms with E-state index in [0.29, 0.717) is 11.6 Å². The van der Waals surface area contributed by atoms with Gasteiger partial charge in [-0.3, -0.25) is 0 Å². The molecule has 0 radical (unpaired) electrons. The van der Waals surface area contributed by atoms with Crippen LogP contribution in [0.2, 0.25) is 0 Å².